The summed E-state index contributed by atoms with van der Waals surface area (Å²) >= 11 is 3.27. The molecule has 1 unspecified atom stereocenters. The summed E-state index contributed by atoms with van der Waals surface area (Å²) in [5.41, 5.74) is 0.871. The van der Waals surface area contributed by atoms with Crippen molar-refractivity contribution in [1.82, 2.24) is 0 Å². The molecule has 1 aliphatic heterocycles. The molecule has 0 amide bonds. The van der Waals surface area contributed by atoms with Gasteiger partial charge in [0.2, 0.25) is 0 Å². The lowest BCUT2D eigenvalue weighted by molar-refractivity contribution is 0.253. The molecule has 6 heteroatoms. The summed E-state index contributed by atoms with van der Waals surface area (Å²) in [7, 11) is 1.60. The van der Waals surface area contributed by atoms with Crippen molar-refractivity contribution >= 4 is 35.7 Å². The number of hydrogen-bond donors (Lipinski definition) is 0. The fourth-order valence-corrected chi connectivity index (χ4v) is 3.15. The molecule has 0 radical (unpaired) electrons. The van der Waals surface area contributed by atoms with Gasteiger partial charge in [0.1, 0.15) is 11.9 Å². The second-order valence-corrected chi connectivity index (χ2v) is 6.88. The van der Waals surface area contributed by atoms with Crippen molar-refractivity contribution in [3.63, 3.8) is 0 Å². The van der Waals surface area contributed by atoms with Crippen molar-refractivity contribution in [3.05, 3.63) is 22.2 Å². The van der Waals surface area contributed by atoms with E-state index in [0.29, 0.717) is 16.6 Å². The van der Waals surface area contributed by atoms with E-state index >= 15 is 0 Å². The third-order valence-corrected chi connectivity index (χ3v) is 4.12. The van der Waals surface area contributed by atoms with Crippen molar-refractivity contribution < 1.29 is 13.2 Å². The van der Waals surface area contributed by atoms with Crippen molar-refractivity contribution in [2.45, 2.75) is 24.3 Å². The lowest BCUT2D eigenvalue weighted by Gasteiger charge is -2.05. The average Bonchev–Trinajstić information content (AvgIpc) is 2.44. The van der Waals surface area contributed by atoms with Crippen molar-refractivity contribution in [2.24, 2.45) is 0 Å². The Bertz CT molecular complexity index is 512. The highest BCUT2D eigenvalue weighted by Crippen LogP contribution is 2.38. The molecular formula is C9H8BrClO3S. The Kier molecular flexibility index (Phi) is 2.73. The van der Waals surface area contributed by atoms with Gasteiger partial charge in [0.15, 0.2) is 0 Å². The van der Waals surface area contributed by atoms with E-state index in [9.17, 15) is 8.42 Å². The first-order valence-electron chi connectivity index (χ1n) is 4.31. The van der Waals surface area contributed by atoms with Crippen LogP contribution in [0.2, 0.25) is 0 Å². The molecule has 1 aliphatic rings. The van der Waals surface area contributed by atoms with E-state index < -0.39 is 9.05 Å². The molecule has 15 heavy (non-hydrogen) atoms. The van der Waals surface area contributed by atoms with Gasteiger partial charge in [-0.1, -0.05) is 0 Å². The maximum absolute atomic E-state index is 11.2. The van der Waals surface area contributed by atoms with Crippen LogP contribution in [0.15, 0.2) is 21.5 Å². The highest BCUT2D eigenvalue weighted by molar-refractivity contribution is 9.10. The van der Waals surface area contributed by atoms with Gasteiger partial charge in [0.05, 0.1) is 9.37 Å². The summed E-state index contributed by atoms with van der Waals surface area (Å²) in [6.45, 7) is 1.93. The first-order valence-corrected chi connectivity index (χ1v) is 7.42. The Morgan fingerprint density at radius 3 is 2.80 bits per heavy atom. The standard InChI is InChI=1S/C9H8BrClO3S/c1-5-2-6-3-7(15(11,12)13)4-8(10)9(6)14-5/h3-5H,2H2,1H3. The fourth-order valence-electron chi connectivity index (χ4n) is 1.60. The lowest BCUT2D eigenvalue weighted by atomic mass is 10.1. The second-order valence-electron chi connectivity index (χ2n) is 3.46. The summed E-state index contributed by atoms with van der Waals surface area (Å²) in [6, 6.07) is 3.02. The molecule has 0 aliphatic carbocycles. The van der Waals surface area contributed by atoms with Gasteiger partial charge in [-0.25, -0.2) is 8.42 Å². The number of hydrogen-bond acceptors (Lipinski definition) is 3. The van der Waals surface area contributed by atoms with Gasteiger partial charge >= 0.3 is 0 Å². The zero-order valence-corrected chi connectivity index (χ0v) is 11.0. The summed E-state index contributed by atoms with van der Waals surface area (Å²) in [5, 5.41) is 0. The molecule has 0 aromatic heterocycles. The molecule has 0 saturated carbocycles. The zero-order chi connectivity index (χ0) is 11.2. The van der Waals surface area contributed by atoms with Gasteiger partial charge in [-0.2, -0.15) is 0 Å². The third kappa shape index (κ3) is 2.14. The normalized spacial score (nSPS) is 19.8. The molecule has 1 atom stereocenters. The predicted octanol–water partition coefficient (Wildman–Crippen LogP) is 2.70. The van der Waals surface area contributed by atoms with E-state index in [1.807, 2.05) is 6.92 Å². The third-order valence-electron chi connectivity index (χ3n) is 2.20. The van der Waals surface area contributed by atoms with E-state index in [2.05, 4.69) is 15.9 Å². The molecule has 0 N–H and O–H groups in total. The summed E-state index contributed by atoms with van der Waals surface area (Å²) in [6.07, 6.45) is 0.776. The molecule has 3 nitrogen and oxygen atoms in total. The van der Waals surface area contributed by atoms with Crippen LogP contribution < -0.4 is 4.74 Å². The topological polar surface area (TPSA) is 43.4 Å². The smallest absolute Gasteiger partial charge is 0.261 e. The Labute approximate surface area is 101 Å². The van der Waals surface area contributed by atoms with Crippen molar-refractivity contribution in [2.75, 3.05) is 0 Å². The van der Waals surface area contributed by atoms with Crippen molar-refractivity contribution in [1.29, 1.82) is 0 Å². The molecule has 2 rings (SSSR count). The molecule has 82 valence electrons. The van der Waals surface area contributed by atoms with Gasteiger partial charge in [-0.3, -0.25) is 0 Å². The van der Waals surface area contributed by atoms with Crippen LogP contribution in [0.5, 0.6) is 5.75 Å². The largest absolute Gasteiger partial charge is 0.489 e. The Morgan fingerprint density at radius 2 is 2.20 bits per heavy atom. The van der Waals surface area contributed by atoms with Gasteiger partial charge < -0.3 is 4.74 Å². The van der Waals surface area contributed by atoms with Crippen LogP contribution in [0, 0.1) is 0 Å². The highest BCUT2D eigenvalue weighted by atomic mass is 79.9. The van der Waals surface area contributed by atoms with Crippen LogP contribution in [0.3, 0.4) is 0 Å². The van der Waals surface area contributed by atoms with Crippen LogP contribution in [-0.2, 0) is 15.5 Å². The quantitative estimate of drug-likeness (QED) is 0.749. The zero-order valence-electron chi connectivity index (χ0n) is 7.83. The van der Waals surface area contributed by atoms with E-state index in [1.54, 1.807) is 6.07 Å². The van der Waals surface area contributed by atoms with Gasteiger partial charge in [0.25, 0.3) is 9.05 Å². The van der Waals surface area contributed by atoms with E-state index in [0.717, 1.165) is 5.56 Å². The molecule has 0 saturated heterocycles. The highest BCUT2D eigenvalue weighted by Gasteiger charge is 2.24. The average molecular weight is 312 g/mol. The Morgan fingerprint density at radius 1 is 1.53 bits per heavy atom. The molecule has 1 heterocycles. The second kappa shape index (κ2) is 3.64. The summed E-state index contributed by atoms with van der Waals surface area (Å²) < 4.78 is 28.5. The van der Waals surface area contributed by atoms with Gasteiger partial charge in [-0.05, 0) is 35.0 Å². The molecule has 1 aromatic carbocycles. The number of fused-ring (bicyclic) bond motifs is 1. The molecule has 1 aromatic rings. The van der Waals surface area contributed by atoms with Crippen LogP contribution in [-0.4, -0.2) is 14.5 Å². The van der Waals surface area contributed by atoms with Gasteiger partial charge in [-0.15, -0.1) is 0 Å². The monoisotopic (exact) mass is 310 g/mol. The van der Waals surface area contributed by atoms with E-state index in [4.69, 9.17) is 15.4 Å². The lowest BCUT2D eigenvalue weighted by Crippen LogP contribution is -2.05. The summed E-state index contributed by atoms with van der Waals surface area (Å²) in [5.74, 6) is 0.714. The summed E-state index contributed by atoms with van der Waals surface area (Å²) in [4.78, 5) is 0.104. The molecule has 0 bridgehead atoms. The first kappa shape index (κ1) is 11.2. The van der Waals surface area contributed by atoms with Crippen LogP contribution in [0.4, 0.5) is 0 Å². The van der Waals surface area contributed by atoms with Crippen LogP contribution >= 0.6 is 26.6 Å². The van der Waals surface area contributed by atoms with E-state index in [-0.39, 0.29) is 11.0 Å². The maximum atomic E-state index is 11.2. The minimum atomic E-state index is -3.68. The molecular weight excluding hydrogens is 304 g/mol. The SMILES string of the molecule is CC1Cc2cc(S(=O)(=O)Cl)cc(Br)c2O1. The Hall–Kier alpha value is -0.260. The fraction of sp³-hybridized carbons (Fsp3) is 0.333. The van der Waals surface area contributed by atoms with E-state index in [1.165, 1.54) is 6.07 Å². The predicted molar refractivity (Wildman–Crippen MR) is 61.0 cm³/mol. The molecule has 0 fully saturated rings. The molecule has 0 spiro atoms. The van der Waals surface area contributed by atoms with Crippen LogP contribution in [0.1, 0.15) is 12.5 Å². The maximum Gasteiger partial charge on any atom is 0.261 e. The number of rotatable bonds is 1. The van der Waals surface area contributed by atoms with Crippen LogP contribution in [0.25, 0.3) is 0 Å². The number of halogens is 2. The first-order chi connectivity index (χ1) is 6.88. The Balaban J connectivity index is 2.59. The minimum absolute atomic E-state index is 0.0737. The minimum Gasteiger partial charge on any atom is -0.489 e. The number of ether oxygens (including phenoxy) is 1. The van der Waals surface area contributed by atoms with Gasteiger partial charge in [0, 0.05) is 22.7 Å². The van der Waals surface area contributed by atoms with Crippen molar-refractivity contribution in [3.8, 4) is 5.75 Å². The number of benzene rings is 1.